The molecule has 0 aliphatic rings. The second kappa shape index (κ2) is 5.81. The zero-order valence-corrected chi connectivity index (χ0v) is 9.32. The molecule has 3 heteroatoms. The van der Waals surface area contributed by atoms with Gasteiger partial charge in [0, 0.05) is 0 Å². The molecule has 3 nitrogen and oxygen atoms in total. The summed E-state index contributed by atoms with van der Waals surface area (Å²) in [5.41, 5.74) is 0.745. The Hall–Kier alpha value is -0.830. The molecule has 0 heterocycles. The van der Waals surface area contributed by atoms with Crippen LogP contribution in [0.3, 0.4) is 0 Å². The first-order valence-electron chi connectivity index (χ1n) is 4.99. The van der Waals surface area contributed by atoms with Gasteiger partial charge in [0.15, 0.2) is 0 Å². The number of aliphatic hydroxyl groups excluding tert-OH is 1. The Bertz CT molecular complexity index is 221. The van der Waals surface area contributed by atoms with Crippen molar-refractivity contribution in [2.45, 2.75) is 40.2 Å². The molecule has 0 aromatic carbocycles. The van der Waals surface area contributed by atoms with Crippen molar-refractivity contribution in [2.75, 3.05) is 0 Å². The molecule has 0 saturated heterocycles. The van der Waals surface area contributed by atoms with Gasteiger partial charge in [-0.3, -0.25) is 4.79 Å². The molecule has 0 fully saturated rings. The van der Waals surface area contributed by atoms with E-state index in [9.17, 15) is 9.90 Å². The number of hydrogen-bond donors (Lipinski definition) is 2. The van der Waals surface area contributed by atoms with Crippen molar-refractivity contribution in [3.8, 4) is 0 Å². The Morgan fingerprint density at radius 2 is 1.93 bits per heavy atom. The Kier molecular flexibility index (Phi) is 5.46. The Morgan fingerprint density at radius 3 is 2.29 bits per heavy atom. The van der Waals surface area contributed by atoms with Gasteiger partial charge in [0.25, 0.3) is 0 Å². The summed E-state index contributed by atoms with van der Waals surface area (Å²) in [6.45, 7) is 7.39. The molecule has 2 N–H and O–H groups in total. The number of hydrogen-bond acceptors (Lipinski definition) is 2. The van der Waals surface area contributed by atoms with Crippen molar-refractivity contribution in [2.24, 2.45) is 11.8 Å². The van der Waals surface area contributed by atoms with E-state index in [0.29, 0.717) is 5.92 Å². The third-order valence-electron chi connectivity index (χ3n) is 2.52. The van der Waals surface area contributed by atoms with Gasteiger partial charge in [-0.2, -0.15) is 0 Å². The molecular weight excluding hydrogens is 180 g/mol. The molecule has 14 heavy (non-hydrogen) atoms. The number of carboxylic acids is 1. The van der Waals surface area contributed by atoms with Crippen LogP contribution >= 0.6 is 0 Å². The minimum Gasteiger partial charge on any atom is -0.481 e. The topological polar surface area (TPSA) is 57.5 Å². The lowest BCUT2D eigenvalue weighted by Gasteiger charge is -2.16. The van der Waals surface area contributed by atoms with Gasteiger partial charge >= 0.3 is 5.97 Å². The highest BCUT2D eigenvalue weighted by Crippen LogP contribution is 2.15. The molecular formula is C11H20O3. The van der Waals surface area contributed by atoms with Gasteiger partial charge in [0.2, 0.25) is 0 Å². The molecule has 0 aliphatic carbocycles. The van der Waals surface area contributed by atoms with Crippen molar-refractivity contribution in [1.29, 1.82) is 0 Å². The average molecular weight is 200 g/mol. The number of aliphatic carboxylic acids is 1. The van der Waals surface area contributed by atoms with Crippen LogP contribution in [0, 0.1) is 11.8 Å². The number of carbonyl (C=O) groups is 1. The summed E-state index contributed by atoms with van der Waals surface area (Å²) >= 11 is 0. The molecule has 0 bridgehead atoms. The zero-order chi connectivity index (χ0) is 11.3. The monoisotopic (exact) mass is 200 g/mol. The molecule has 0 radical (unpaired) electrons. The zero-order valence-electron chi connectivity index (χ0n) is 9.32. The SMILES string of the molecule is CCC(C)/C=C(\C)[C@@H](O)[C@@H](C)C(=O)O. The van der Waals surface area contributed by atoms with E-state index in [1.54, 1.807) is 6.92 Å². The molecule has 82 valence electrons. The van der Waals surface area contributed by atoms with E-state index in [2.05, 4.69) is 6.92 Å². The van der Waals surface area contributed by atoms with Crippen LogP contribution in [-0.2, 0) is 4.79 Å². The summed E-state index contributed by atoms with van der Waals surface area (Å²) in [7, 11) is 0. The van der Waals surface area contributed by atoms with Crippen LogP contribution in [0.5, 0.6) is 0 Å². The summed E-state index contributed by atoms with van der Waals surface area (Å²) in [5, 5.41) is 18.4. The minimum atomic E-state index is -0.964. The first-order chi connectivity index (χ1) is 6.40. The van der Waals surface area contributed by atoms with Gasteiger partial charge in [-0.05, 0) is 25.3 Å². The van der Waals surface area contributed by atoms with E-state index in [-0.39, 0.29) is 0 Å². The molecule has 0 aromatic heterocycles. The highest BCUT2D eigenvalue weighted by Gasteiger charge is 2.22. The average Bonchev–Trinajstić information content (AvgIpc) is 2.14. The first-order valence-corrected chi connectivity index (χ1v) is 4.99. The third-order valence-corrected chi connectivity index (χ3v) is 2.52. The highest BCUT2D eigenvalue weighted by atomic mass is 16.4. The van der Waals surface area contributed by atoms with E-state index >= 15 is 0 Å². The Labute approximate surface area is 85.4 Å². The fourth-order valence-electron chi connectivity index (χ4n) is 1.19. The summed E-state index contributed by atoms with van der Waals surface area (Å²) in [6, 6.07) is 0. The second-order valence-corrected chi connectivity index (χ2v) is 3.87. The number of carboxylic acid groups (broad SMARTS) is 1. The van der Waals surface area contributed by atoms with Crippen LogP contribution in [-0.4, -0.2) is 22.3 Å². The maximum atomic E-state index is 10.6. The van der Waals surface area contributed by atoms with Crippen LogP contribution < -0.4 is 0 Å². The van der Waals surface area contributed by atoms with E-state index in [0.717, 1.165) is 12.0 Å². The molecule has 3 atom stereocenters. The predicted octanol–water partition coefficient (Wildman–Crippen LogP) is 2.06. The Balaban J connectivity index is 4.45. The standard InChI is InChI=1S/C11H20O3/c1-5-7(2)6-8(3)10(12)9(4)11(13)14/h6-7,9-10,12H,5H2,1-4H3,(H,13,14)/b8-6+/t7?,9-,10-/m1/s1. The highest BCUT2D eigenvalue weighted by molar-refractivity contribution is 5.70. The fourth-order valence-corrected chi connectivity index (χ4v) is 1.19. The van der Waals surface area contributed by atoms with Crippen LogP contribution in [0.4, 0.5) is 0 Å². The van der Waals surface area contributed by atoms with Gasteiger partial charge in [-0.1, -0.05) is 26.3 Å². The summed E-state index contributed by atoms with van der Waals surface area (Å²) in [4.78, 5) is 10.6. The third kappa shape index (κ3) is 3.92. The van der Waals surface area contributed by atoms with E-state index < -0.39 is 18.0 Å². The lowest BCUT2D eigenvalue weighted by molar-refractivity contribution is -0.143. The molecule has 0 aromatic rings. The lowest BCUT2D eigenvalue weighted by atomic mass is 9.95. The van der Waals surface area contributed by atoms with Crippen molar-refractivity contribution in [1.82, 2.24) is 0 Å². The second-order valence-electron chi connectivity index (χ2n) is 3.87. The van der Waals surface area contributed by atoms with Crippen molar-refractivity contribution < 1.29 is 15.0 Å². The first kappa shape index (κ1) is 13.2. The smallest absolute Gasteiger partial charge is 0.309 e. The molecule has 0 amide bonds. The molecule has 0 saturated carbocycles. The summed E-state index contributed by atoms with van der Waals surface area (Å²) in [6.07, 6.45) is 2.05. The maximum Gasteiger partial charge on any atom is 0.309 e. The van der Waals surface area contributed by atoms with Crippen molar-refractivity contribution in [3.05, 3.63) is 11.6 Å². The van der Waals surface area contributed by atoms with Gasteiger partial charge in [-0.15, -0.1) is 0 Å². The number of rotatable bonds is 5. The quantitative estimate of drug-likeness (QED) is 0.668. The summed E-state index contributed by atoms with van der Waals surface area (Å²) < 4.78 is 0. The maximum absolute atomic E-state index is 10.6. The van der Waals surface area contributed by atoms with E-state index in [1.807, 2.05) is 13.0 Å². The van der Waals surface area contributed by atoms with Crippen molar-refractivity contribution in [3.63, 3.8) is 0 Å². The number of allylic oxidation sites excluding steroid dienone is 1. The molecule has 0 spiro atoms. The largest absolute Gasteiger partial charge is 0.481 e. The van der Waals surface area contributed by atoms with Gasteiger partial charge in [0.1, 0.15) is 0 Å². The minimum absolute atomic E-state index is 0.380. The molecule has 0 aliphatic heterocycles. The predicted molar refractivity (Wildman–Crippen MR) is 56.0 cm³/mol. The Morgan fingerprint density at radius 1 is 1.43 bits per heavy atom. The summed E-state index contributed by atoms with van der Waals surface area (Å²) in [5.74, 6) is -1.32. The molecule has 1 unspecified atom stereocenters. The normalized spacial score (nSPS) is 18.8. The van der Waals surface area contributed by atoms with Gasteiger partial charge in [-0.25, -0.2) is 0 Å². The van der Waals surface area contributed by atoms with Crippen LogP contribution in [0.15, 0.2) is 11.6 Å². The van der Waals surface area contributed by atoms with Gasteiger partial charge in [0.05, 0.1) is 12.0 Å². The van der Waals surface area contributed by atoms with Crippen LogP contribution in [0.25, 0.3) is 0 Å². The fraction of sp³-hybridized carbons (Fsp3) is 0.727. The van der Waals surface area contributed by atoms with E-state index in [1.165, 1.54) is 6.92 Å². The van der Waals surface area contributed by atoms with Crippen molar-refractivity contribution >= 4 is 5.97 Å². The van der Waals surface area contributed by atoms with Crippen LogP contribution in [0.2, 0.25) is 0 Å². The molecule has 0 rings (SSSR count). The van der Waals surface area contributed by atoms with E-state index in [4.69, 9.17) is 5.11 Å². The van der Waals surface area contributed by atoms with Gasteiger partial charge < -0.3 is 10.2 Å². The van der Waals surface area contributed by atoms with Crippen LogP contribution in [0.1, 0.15) is 34.1 Å². The lowest BCUT2D eigenvalue weighted by Crippen LogP contribution is -2.26. The number of aliphatic hydroxyl groups is 1.